The largest absolute Gasteiger partial charge is 0.332 e. The van der Waals surface area contributed by atoms with Crippen LogP contribution in [0.25, 0.3) is 0 Å². The second-order valence-electron chi connectivity index (χ2n) is 7.25. The minimum atomic E-state index is 0.0139. The third-order valence-corrected chi connectivity index (χ3v) is 6.26. The molecule has 2 amide bonds. The van der Waals surface area contributed by atoms with Gasteiger partial charge in [0.05, 0.1) is 12.6 Å². The Balaban J connectivity index is 1.59. The molecule has 4 rings (SSSR count). The van der Waals surface area contributed by atoms with Crippen LogP contribution in [0, 0.1) is 5.92 Å². The summed E-state index contributed by atoms with van der Waals surface area (Å²) >= 11 is 3.54. The van der Waals surface area contributed by atoms with Crippen LogP contribution in [0.2, 0.25) is 0 Å². The molecule has 1 atom stereocenters. The Morgan fingerprint density at radius 3 is 2.75 bits per heavy atom. The van der Waals surface area contributed by atoms with Crippen LogP contribution in [0.3, 0.4) is 0 Å². The van der Waals surface area contributed by atoms with Gasteiger partial charge in [0.1, 0.15) is 0 Å². The Morgan fingerprint density at radius 2 is 1.96 bits per heavy atom. The molecule has 3 aliphatic rings. The summed E-state index contributed by atoms with van der Waals surface area (Å²) in [6.45, 7) is 1.67. The van der Waals surface area contributed by atoms with E-state index in [0.29, 0.717) is 6.54 Å². The Morgan fingerprint density at radius 1 is 1.17 bits per heavy atom. The van der Waals surface area contributed by atoms with Crippen LogP contribution in [0.15, 0.2) is 22.7 Å². The number of rotatable bonds is 1. The summed E-state index contributed by atoms with van der Waals surface area (Å²) in [6.07, 6.45) is 6.40. The highest BCUT2D eigenvalue weighted by atomic mass is 79.9. The monoisotopic (exact) mass is 390 g/mol. The Bertz CT molecular complexity index is 669. The number of nitrogens with zero attached hydrogens (tertiary/aromatic N) is 2. The summed E-state index contributed by atoms with van der Waals surface area (Å²) in [6, 6.07) is 6.33. The van der Waals surface area contributed by atoms with Gasteiger partial charge in [-0.1, -0.05) is 41.3 Å². The lowest BCUT2D eigenvalue weighted by Gasteiger charge is -2.45. The van der Waals surface area contributed by atoms with E-state index in [1.54, 1.807) is 0 Å². The average Bonchev–Trinajstić information content (AvgIpc) is 2.61. The maximum absolute atomic E-state index is 12.9. The van der Waals surface area contributed by atoms with E-state index >= 15 is 0 Å². The van der Waals surface area contributed by atoms with Crippen molar-refractivity contribution in [1.29, 1.82) is 0 Å². The van der Waals surface area contributed by atoms with E-state index in [1.165, 1.54) is 17.5 Å². The number of hydrogen-bond donors (Lipinski definition) is 0. The zero-order valence-electron chi connectivity index (χ0n) is 13.8. The van der Waals surface area contributed by atoms with Gasteiger partial charge in [0, 0.05) is 23.5 Å². The number of fused-ring (bicyclic) bond motifs is 3. The Kier molecular flexibility index (Phi) is 4.37. The van der Waals surface area contributed by atoms with Gasteiger partial charge in [0.15, 0.2) is 0 Å². The van der Waals surface area contributed by atoms with Crippen molar-refractivity contribution in [2.75, 3.05) is 19.6 Å². The standard InChI is InChI=1S/C19H23BrN2O2/c20-15-7-6-13-8-9-22-17(16(13)10-15)11-21(12-18(22)23)19(24)14-4-2-1-3-5-14/h6-7,10,14,17H,1-5,8-9,11-12H2. The van der Waals surface area contributed by atoms with E-state index in [-0.39, 0.29) is 30.3 Å². The van der Waals surface area contributed by atoms with Crippen molar-refractivity contribution in [3.63, 3.8) is 0 Å². The van der Waals surface area contributed by atoms with Crippen LogP contribution in [-0.4, -0.2) is 41.2 Å². The second kappa shape index (κ2) is 6.51. The summed E-state index contributed by atoms with van der Waals surface area (Å²) in [7, 11) is 0. The fourth-order valence-corrected chi connectivity index (χ4v) is 4.85. The molecule has 0 radical (unpaired) electrons. The molecule has 2 fully saturated rings. The molecule has 128 valence electrons. The van der Waals surface area contributed by atoms with Crippen molar-refractivity contribution in [2.45, 2.75) is 44.6 Å². The van der Waals surface area contributed by atoms with E-state index in [2.05, 4.69) is 34.1 Å². The normalized spacial score (nSPS) is 24.5. The van der Waals surface area contributed by atoms with Crippen molar-refractivity contribution in [3.05, 3.63) is 33.8 Å². The first kappa shape index (κ1) is 16.1. The highest BCUT2D eigenvalue weighted by molar-refractivity contribution is 9.10. The molecule has 0 N–H and O–H groups in total. The summed E-state index contributed by atoms with van der Waals surface area (Å²) < 4.78 is 1.03. The average molecular weight is 391 g/mol. The van der Waals surface area contributed by atoms with Crippen molar-refractivity contribution >= 4 is 27.7 Å². The molecule has 4 nitrogen and oxygen atoms in total. The highest BCUT2D eigenvalue weighted by Crippen LogP contribution is 2.36. The third-order valence-electron chi connectivity index (χ3n) is 5.77. The van der Waals surface area contributed by atoms with E-state index in [9.17, 15) is 9.59 Å². The molecule has 1 unspecified atom stereocenters. The predicted octanol–water partition coefficient (Wildman–Crippen LogP) is 3.30. The molecule has 1 aromatic rings. The van der Waals surface area contributed by atoms with Gasteiger partial charge in [0.2, 0.25) is 11.8 Å². The van der Waals surface area contributed by atoms with Gasteiger partial charge in [-0.2, -0.15) is 0 Å². The summed E-state index contributed by atoms with van der Waals surface area (Å²) in [4.78, 5) is 29.3. The zero-order valence-corrected chi connectivity index (χ0v) is 15.4. The number of carbonyl (C=O) groups excluding carboxylic acids is 2. The third kappa shape index (κ3) is 2.87. The fraction of sp³-hybridized carbons (Fsp3) is 0.579. The maximum atomic E-state index is 12.9. The van der Waals surface area contributed by atoms with Gasteiger partial charge in [-0.3, -0.25) is 9.59 Å². The molecule has 1 aliphatic carbocycles. The molecular formula is C19H23BrN2O2. The van der Waals surface area contributed by atoms with Crippen LogP contribution in [0.5, 0.6) is 0 Å². The zero-order chi connectivity index (χ0) is 16.7. The minimum Gasteiger partial charge on any atom is -0.332 e. The second-order valence-corrected chi connectivity index (χ2v) is 8.17. The van der Waals surface area contributed by atoms with E-state index in [4.69, 9.17) is 0 Å². The van der Waals surface area contributed by atoms with Crippen molar-refractivity contribution in [2.24, 2.45) is 5.92 Å². The first-order valence-electron chi connectivity index (χ1n) is 9.00. The number of benzene rings is 1. The van der Waals surface area contributed by atoms with E-state index in [0.717, 1.165) is 43.1 Å². The van der Waals surface area contributed by atoms with Crippen LogP contribution in [-0.2, 0) is 16.0 Å². The number of amides is 2. The first-order chi connectivity index (χ1) is 11.6. The smallest absolute Gasteiger partial charge is 0.242 e. The van der Waals surface area contributed by atoms with Gasteiger partial charge in [-0.15, -0.1) is 0 Å². The van der Waals surface area contributed by atoms with Gasteiger partial charge in [-0.05, 0) is 42.5 Å². The molecule has 1 saturated heterocycles. The fourth-order valence-electron chi connectivity index (χ4n) is 4.47. The quantitative estimate of drug-likeness (QED) is 0.737. The summed E-state index contributed by atoms with van der Waals surface area (Å²) in [5.41, 5.74) is 2.50. The molecular weight excluding hydrogens is 368 g/mol. The molecule has 2 aliphatic heterocycles. The van der Waals surface area contributed by atoms with Crippen LogP contribution in [0.1, 0.15) is 49.3 Å². The van der Waals surface area contributed by atoms with Crippen LogP contribution < -0.4 is 0 Å². The van der Waals surface area contributed by atoms with Crippen LogP contribution in [0.4, 0.5) is 0 Å². The molecule has 1 saturated carbocycles. The lowest BCUT2D eigenvalue weighted by atomic mass is 9.87. The molecule has 0 bridgehead atoms. The molecule has 0 spiro atoms. The van der Waals surface area contributed by atoms with Gasteiger partial charge in [0.25, 0.3) is 0 Å². The topological polar surface area (TPSA) is 40.6 Å². The molecule has 2 heterocycles. The Labute approximate surface area is 151 Å². The van der Waals surface area contributed by atoms with Crippen molar-refractivity contribution in [1.82, 2.24) is 9.80 Å². The number of halogens is 1. The number of carbonyl (C=O) groups is 2. The SMILES string of the molecule is O=C(C1CCCCC1)N1CC(=O)N2CCc3ccc(Br)cc3C2C1. The van der Waals surface area contributed by atoms with Crippen molar-refractivity contribution in [3.8, 4) is 0 Å². The number of hydrogen-bond acceptors (Lipinski definition) is 2. The van der Waals surface area contributed by atoms with Gasteiger partial charge >= 0.3 is 0 Å². The van der Waals surface area contributed by atoms with E-state index in [1.807, 2.05) is 9.80 Å². The number of piperazine rings is 1. The Hall–Kier alpha value is -1.36. The van der Waals surface area contributed by atoms with Gasteiger partial charge < -0.3 is 9.80 Å². The minimum absolute atomic E-state index is 0.0139. The molecule has 1 aromatic carbocycles. The molecule has 0 aromatic heterocycles. The predicted molar refractivity (Wildman–Crippen MR) is 95.5 cm³/mol. The van der Waals surface area contributed by atoms with E-state index < -0.39 is 0 Å². The lowest BCUT2D eigenvalue weighted by Crippen LogP contribution is -2.56. The molecule has 5 heteroatoms. The van der Waals surface area contributed by atoms with Crippen molar-refractivity contribution < 1.29 is 9.59 Å². The molecule has 24 heavy (non-hydrogen) atoms. The summed E-state index contributed by atoms with van der Waals surface area (Å²) in [5.74, 6) is 0.425. The van der Waals surface area contributed by atoms with Crippen LogP contribution >= 0.6 is 15.9 Å². The van der Waals surface area contributed by atoms with Gasteiger partial charge in [-0.25, -0.2) is 0 Å². The first-order valence-corrected chi connectivity index (χ1v) is 9.79. The maximum Gasteiger partial charge on any atom is 0.242 e. The highest BCUT2D eigenvalue weighted by Gasteiger charge is 2.40. The lowest BCUT2D eigenvalue weighted by molar-refractivity contribution is -0.152. The summed E-state index contributed by atoms with van der Waals surface area (Å²) in [5, 5.41) is 0.